The Balaban J connectivity index is 1.94. The third-order valence-electron chi connectivity index (χ3n) is 4.69. The Morgan fingerprint density at radius 2 is 2.03 bits per heavy atom. The van der Waals surface area contributed by atoms with Crippen molar-refractivity contribution in [1.29, 1.82) is 0 Å². The Morgan fingerprint density at radius 1 is 1.24 bits per heavy atom. The van der Waals surface area contributed by atoms with Crippen LogP contribution in [0.25, 0.3) is 28.1 Å². The highest BCUT2D eigenvalue weighted by atomic mass is 32.2. The number of imidazole rings is 1. The van der Waals surface area contributed by atoms with Gasteiger partial charge >= 0.3 is 0 Å². The molecule has 0 radical (unpaired) electrons. The van der Waals surface area contributed by atoms with Gasteiger partial charge in [0.15, 0.2) is 9.84 Å². The van der Waals surface area contributed by atoms with E-state index in [1.807, 2.05) is 24.4 Å². The maximum atomic E-state index is 13.2. The lowest BCUT2D eigenvalue weighted by Crippen LogP contribution is -2.28. The van der Waals surface area contributed by atoms with Gasteiger partial charge in [0.2, 0.25) is 0 Å². The van der Waals surface area contributed by atoms with Crippen molar-refractivity contribution in [3.05, 3.63) is 42.9 Å². The molecule has 0 aliphatic heterocycles. The van der Waals surface area contributed by atoms with Crippen molar-refractivity contribution < 1.29 is 18.3 Å². The van der Waals surface area contributed by atoms with Gasteiger partial charge < -0.3 is 14.8 Å². The maximum absolute atomic E-state index is 13.2. The van der Waals surface area contributed by atoms with Crippen molar-refractivity contribution in [1.82, 2.24) is 19.4 Å². The van der Waals surface area contributed by atoms with Gasteiger partial charge in [0.1, 0.15) is 22.9 Å². The first kappa shape index (κ1) is 19.4. The Hall–Kier alpha value is -2.91. The first-order chi connectivity index (χ1) is 13.7. The first-order valence-corrected chi connectivity index (χ1v) is 10.6. The van der Waals surface area contributed by atoms with Crippen molar-refractivity contribution in [3.8, 4) is 17.1 Å². The zero-order valence-electron chi connectivity index (χ0n) is 16.4. The predicted molar refractivity (Wildman–Crippen MR) is 110 cm³/mol. The van der Waals surface area contributed by atoms with E-state index in [4.69, 9.17) is 9.84 Å². The number of nitrogens with zero attached hydrogens (tertiary/aromatic N) is 3. The quantitative estimate of drug-likeness (QED) is 0.520. The summed E-state index contributed by atoms with van der Waals surface area (Å²) in [5.74, 6) is 0.174. The van der Waals surface area contributed by atoms with Crippen molar-refractivity contribution in [3.63, 3.8) is 0 Å². The molecule has 29 heavy (non-hydrogen) atoms. The van der Waals surface area contributed by atoms with E-state index in [1.54, 1.807) is 37.4 Å². The molecule has 0 aromatic carbocycles. The van der Waals surface area contributed by atoms with E-state index in [9.17, 15) is 8.42 Å². The fourth-order valence-electron chi connectivity index (χ4n) is 3.05. The molecule has 0 unspecified atom stereocenters. The standard InChI is InChI=1S/C20H22N4O4S/c1-20(2,3)29(26,27)18-12-24-16(11-22-19(24)10-17(18)28-9-8-25)15-5-4-13-14(23-15)6-7-21-13/h4-7,10-12,21,25H,8-9H2,1-3H3. The van der Waals surface area contributed by atoms with Crippen LogP contribution in [0.15, 0.2) is 47.8 Å². The van der Waals surface area contributed by atoms with E-state index in [1.165, 1.54) is 6.20 Å². The summed E-state index contributed by atoms with van der Waals surface area (Å²) in [4.78, 5) is 12.2. The van der Waals surface area contributed by atoms with Gasteiger partial charge in [0, 0.05) is 18.5 Å². The Morgan fingerprint density at radius 3 is 2.76 bits per heavy atom. The van der Waals surface area contributed by atoms with Gasteiger partial charge in [-0.15, -0.1) is 0 Å². The summed E-state index contributed by atoms with van der Waals surface area (Å²) in [7, 11) is -3.71. The number of pyridine rings is 2. The van der Waals surface area contributed by atoms with E-state index < -0.39 is 14.6 Å². The number of aliphatic hydroxyl groups is 1. The smallest absolute Gasteiger partial charge is 0.188 e. The molecule has 0 fully saturated rings. The van der Waals surface area contributed by atoms with Crippen LogP contribution in [0.4, 0.5) is 0 Å². The number of fused-ring (bicyclic) bond motifs is 2. The van der Waals surface area contributed by atoms with E-state index in [0.29, 0.717) is 17.0 Å². The minimum absolute atomic E-state index is 0.0118. The number of aromatic nitrogens is 4. The van der Waals surface area contributed by atoms with Gasteiger partial charge in [-0.05, 0) is 39.0 Å². The van der Waals surface area contributed by atoms with Crippen LogP contribution in [-0.2, 0) is 9.84 Å². The number of H-pyrrole nitrogens is 1. The molecular formula is C20H22N4O4S. The highest BCUT2D eigenvalue weighted by molar-refractivity contribution is 7.92. The van der Waals surface area contributed by atoms with Gasteiger partial charge in [0.05, 0.1) is 40.0 Å². The number of nitrogens with one attached hydrogen (secondary N) is 1. The van der Waals surface area contributed by atoms with Crippen LogP contribution in [-0.4, -0.2) is 50.8 Å². The van der Waals surface area contributed by atoms with Gasteiger partial charge in [-0.25, -0.2) is 18.4 Å². The van der Waals surface area contributed by atoms with Crippen molar-refractivity contribution in [2.75, 3.05) is 13.2 Å². The molecular weight excluding hydrogens is 392 g/mol. The van der Waals surface area contributed by atoms with E-state index in [0.717, 1.165) is 11.0 Å². The molecule has 0 atom stereocenters. The van der Waals surface area contributed by atoms with Gasteiger partial charge in [-0.2, -0.15) is 0 Å². The van der Waals surface area contributed by atoms with Crippen molar-refractivity contribution >= 4 is 26.5 Å². The second-order valence-corrected chi connectivity index (χ2v) is 10.3. The average molecular weight is 414 g/mol. The Kier molecular flexibility index (Phi) is 4.59. The molecule has 0 spiro atoms. The predicted octanol–water partition coefficient (Wildman–Crippen LogP) is 2.82. The van der Waals surface area contributed by atoms with Crippen LogP contribution >= 0.6 is 0 Å². The molecule has 8 nitrogen and oxygen atoms in total. The molecule has 0 saturated carbocycles. The minimum atomic E-state index is -3.71. The van der Waals surface area contributed by atoms with Gasteiger partial charge in [0.25, 0.3) is 0 Å². The molecule has 4 aromatic rings. The number of hydrogen-bond acceptors (Lipinski definition) is 6. The fourth-order valence-corrected chi connectivity index (χ4v) is 4.34. The molecule has 2 N–H and O–H groups in total. The number of sulfone groups is 1. The highest BCUT2D eigenvalue weighted by Gasteiger charge is 2.34. The summed E-state index contributed by atoms with van der Waals surface area (Å²) < 4.78 is 32.6. The zero-order valence-corrected chi connectivity index (χ0v) is 17.2. The third kappa shape index (κ3) is 3.26. The summed E-state index contributed by atoms with van der Waals surface area (Å²) in [5, 5.41) is 9.11. The maximum Gasteiger partial charge on any atom is 0.188 e. The summed E-state index contributed by atoms with van der Waals surface area (Å²) in [5.41, 5.74) is 3.59. The second-order valence-electron chi connectivity index (χ2n) is 7.67. The number of rotatable bonds is 5. The number of aliphatic hydroxyl groups excluding tert-OH is 1. The third-order valence-corrected chi connectivity index (χ3v) is 7.18. The summed E-state index contributed by atoms with van der Waals surface area (Å²) >= 11 is 0. The van der Waals surface area contributed by atoms with Crippen LogP contribution in [0, 0.1) is 0 Å². The molecule has 4 rings (SSSR count). The lowest BCUT2D eigenvalue weighted by atomic mass is 10.2. The second kappa shape index (κ2) is 6.85. The van der Waals surface area contributed by atoms with Crippen LogP contribution in [0.5, 0.6) is 5.75 Å². The summed E-state index contributed by atoms with van der Waals surface area (Å²) in [6.45, 7) is 4.68. The van der Waals surface area contributed by atoms with E-state index in [-0.39, 0.29) is 23.9 Å². The van der Waals surface area contributed by atoms with Gasteiger partial charge in [-0.1, -0.05) is 0 Å². The number of ether oxygens (including phenoxy) is 1. The summed E-state index contributed by atoms with van der Waals surface area (Å²) in [6.07, 6.45) is 4.99. The monoisotopic (exact) mass is 414 g/mol. The fraction of sp³-hybridized carbons (Fsp3) is 0.300. The molecule has 4 heterocycles. The van der Waals surface area contributed by atoms with Crippen molar-refractivity contribution in [2.45, 2.75) is 30.4 Å². The Labute approximate surface area is 168 Å². The van der Waals surface area contributed by atoms with Crippen LogP contribution < -0.4 is 4.74 Å². The van der Waals surface area contributed by atoms with Crippen LogP contribution in [0.3, 0.4) is 0 Å². The average Bonchev–Trinajstić information content (AvgIpc) is 3.30. The molecule has 0 amide bonds. The molecule has 0 bridgehead atoms. The zero-order chi connectivity index (χ0) is 20.8. The topological polar surface area (TPSA) is 110 Å². The van der Waals surface area contributed by atoms with Crippen molar-refractivity contribution in [2.24, 2.45) is 0 Å². The number of aromatic amines is 1. The molecule has 0 aliphatic carbocycles. The molecule has 0 saturated heterocycles. The Bertz CT molecular complexity index is 1300. The summed E-state index contributed by atoms with van der Waals surface area (Å²) in [6, 6.07) is 7.23. The molecule has 152 valence electrons. The van der Waals surface area contributed by atoms with Crippen LogP contribution in [0.1, 0.15) is 20.8 Å². The lowest BCUT2D eigenvalue weighted by molar-refractivity contribution is 0.198. The highest BCUT2D eigenvalue weighted by Crippen LogP contribution is 2.34. The SMILES string of the molecule is CC(C)(C)S(=O)(=O)c1cn2c(-c3ccc4[nH]ccc4n3)cnc2cc1OCCO. The van der Waals surface area contributed by atoms with E-state index in [2.05, 4.69) is 15.0 Å². The minimum Gasteiger partial charge on any atom is -0.490 e. The largest absolute Gasteiger partial charge is 0.490 e. The van der Waals surface area contributed by atoms with Crippen LogP contribution in [0.2, 0.25) is 0 Å². The lowest BCUT2D eigenvalue weighted by Gasteiger charge is -2.21. The van der Waals surface area contributed by atoms with E-state index >= 15 is 0 Å². The molecule has 4 aromatic heterocycles. The molecule has 0 aliphatic rings. The van der Waals surface area contributed by atoms with Gasteiger partial charge in [-0.3, -0.25) is 4.40 Å². The number of hydrogen-bond donors (Lipinski definition) is 2. The normalized spacial score (nSPS) is 12.7. The first-order valence-electron chi connectivity index (χ1n) is 9.16. The molecule has 9 heteroatoms.